The van der Waals surface area contributed by atoms with Gasteiger partial charge in [0.05, 0.1) is 10.7 Å². The van der Waals surface area contributed by atoms with E-state index in [0.29, 0.717) is 28.8 Å². The number of benzene rings is 1. The van der Waals surface area contributed by atoms with Gasteiger partial charge in [0.2, 0.25) is 0 Å². The number of anilines is 1. The minimum absolute atomic E-state index is 0.0406. The Hall–Kier alpha value is -0.730. The molecule has 0 radical (unpaired) electrons. The fourth-order valence-electron chi connectivity index (χ4n) is 2.25. The average Bonchev–Trinajstić information content (AvgIpc) is 2.30. The van der Waals surface area contributed by atoms with E-state index >= 15 is 0 Å². The van der Waals surface area contributed by atoms with Crippen LogP contribution >= 0.6 is 23.2 Å². The predicted molar refractivity (Wildman–Crippen MR) is 72.1 cm³/mol. The van der Waals surface area contributed by atoms with Crippen molar-refractivity contribution >= 4 is 34.7 Å². The molecule has 4 heteroatoms. The number of nitrogens with zero attached hydrogens (tertiary/aromatic N) is 1. The van der Waals surface area contributed by atoms with E-state index in [0.717, 1.165) is 5.69 Å². The van der Waals surface area contributed by atoms with Gasteiger partial charge >= 0.3 is 0 Å². The van der Waals surface area contributed by atoms with Gasteiger partial charge in [-0.2, -0.15) is 0 Å². The van der Waals surface area contributed by atoms with E-state index in [-0.39, 0.29) is 12.0 Å². The van der Waals surface area contributed by atoms with Crippen LogP contribution in [0.2, 0.25) is 10.0 Å². The summed E-state index contributed by atoms with van der Waals surface area (Å²) in [5.41, 5.74) is 0.922. The van der Waals surface area contributed by atoms with Crippen molar-refractivity contribution in [1.82, 2.24) is 0 Å². The summed E-state index contributed by atoms with van der Waals surface area (Å²) in [5, 5.41) is 1.35. The topological polar surface area (TPSA) is 20.3 Å². The number of ketones is 1. The zero-order valence-electron chi connectivity index (χ0n) is 9.91. The van der Waals surface area contributed by atoms with Gasteiger partial charge in [0.15, 0.2) is 0 Å². The van der Waals surface area contributed by atoms with Gasteiger partial charge in [-0.15, -0.1) is 0 Å². The van der Waals surface area contributed by atoms with Crippen molar-refractivity contribution in [2.75, 3.05) is 11.4 Å². The molecule has 0 amide bonds. The quantitative estimate of drug-likeness (QED) is 0.775. The van der Waals surface area contributed by atoms with Gasteiger partial charge in [-0.1, -0.05) is 30.1 Å². The number of carbonyl (C=O) groups excluding carboxylic acids is 1. The molecule has 2 nitrogen and oxygen atoms in total. The average molecular weight is 272 g/mol. The monoisotopic (exact) mass is 271 g/mol. The van der Waals surface area contributed by atoms with Gasteiger partial charge in [0.25, 0.3) is 0 Å². The van der Waals surface area contributed by atoms with Crippen LogP contribution in [0.15, 0.2) is 18.2 Å². The second-order valence-electron chi connectivity index (χ2n) is 4.53. The molecular weight excluding hydrogens is 257 g/mol. The lowest BCUT2D eigenvalue weighted by Crippen LogP contribution is -2.47. The first-order valence-electron chi connectivity index (χ1n) is 5.75. The molecule has 1 heterocycles. The highest BCUT2D eigenvalue weighted by atomic mass is 35.5. The Labute approximate surface area is 112 Å². The maximum absolute atomic E-state index is 11.6. The van der Waals surface area contributed by atoms with E-state index in [1.165, 1.54) is 0 Å². The number of halogens is 2. The summed E-state index contributed by atoms with van der Waals surface area (Å²) in [6, 6.07) is 5.60. The van der Waals surface area contributed by atoms with Crippen LogP contribution in [0.3, 0.4) is 0 Å². The highest BCUT2D eigenvalue weighted by Crippen LogP contribution is 2.34. The van der Waals surface area contributed by atoms with Crippen molar-refractivity contribution in [1.29, 1.82) is 0 Å². The molecule has 0 N–H and O–H groups in total. The van der Waals surface area contributed by atoms with E-state index < -0.39 is 0 Å². The fourth-order valence-corrected chi connectivity index (χ4v) is 2.64. The predicted octanol–water partition coefficient (Wildman–Crippen LogP) is 3.80. The number of hydrogen-bond acceptors (Lipinski definition) is 2. The minimum Gasteiger partial charge on any atom is -0.366 e. The van der Waals surface area contributed by atoms with Gasteiger partial charge in [-0.3, -0.25) is 4.79 Å². The zero-order chi connectivity index (χ0) is 12.6. The molecule has 0 spiro atoms. The summed E-state index contributed by atoms with van der Waals surface area (Å²) in [6.07, 6.45) is 0.578. The Morgan fingerprint density at radius 2 is 2.00 bits per heavy atom. The van der Waals surface area contributed by atoms with Crippen molar-refractivity contribution in [3.63, 3.8) is 0 Å². The Bertz CT molecular complexity index is 447. The van der Waals surface area contributed by atoms with Crippen molar-refractivity contribution in [2.45, 2.75) is 26.3 Å². The molecule has 0 bridgehead atoms. The van der Waals surface area contributed by atoms with Crippen molar-refractivity contribution in [3.8, 4) is 0 Å². The molecule has 2 unspecified atom stereocenters. The first-order chi connectivity index (χ1) is 8.00. The van der Waals surface area contributed by atoms with Crippen LogP contribution in [0, 0.1) is 5.92 Å². The van der Waals surface area contributed by atoms with E-state index in [4.69, 9.17) is 23.2 Å². The number of Topliss-reactive ketones (excluding diaryl/α,β-unsaturated/α-hetero) is 1. The minimum atomic E-state index is 0.0406. The van der Waals surface area contributed by atoms with Crippen LogP contribution in [-0.4, -0.2) is 18.4 Å². The second-order valence-corrected chi connectivity index (χ2v) is 5.38. The van der Waals surface area contributed by atoms with Crippen molar-refractivity contribution in [3.05, 3.63) is 28.2 Å². The molecule has 1 fully saturated rings. The van der Waals surface area contributed by atoms with Crippen LogP contribution in [0.4, 0.5) is 5.69 Å². The van der Waals surface area contributed by atoms with Crippen LogP contribution < -0.4 is 4.90 Å². The molecule has 2 atom stereocenters. The number of rotatable bonds is 1. The van der Waals surface area contributed by atoms with Gasteiger partial charge in [0.1, 0.15) is 5.78 Å². The third kappa shape index (κ3) is 2.43. The second kappa shape index (κ2) is 4.87. The highest BCUT2D eigenvalue weighted by molar-refractivity contribution is 6.35. The van der Waals surface area contributed by atoms with Gasteiger partial charge in [-0.05, 0) is 25.1 Å². The largest absolute Gasteiger partial charge is 0.366 e. The summed E-state index contributed by atoms with van der Waals surface area (Å²) in [6.45, 7) is 4.74. The first-order valence-corrected chi connectivity index (χ1v) is 6.50. The van der Waals surface area contributed by atoms with Crippen LogP contribution in [-0.2, 0) is 4.79 Å². The number of piperidine rings is 1. The molecule has 1 aromatic carbocycles. The summed E-state index contributed by atoms with van der Waals surface area (Å²) < 4.78 is 0. The molecule has 2 rings (SSSR count). The molecular formula is C13H15Cl2NO. The van der Waals surface area contributed by atoms with E-state index in [1.54, 1.807) is 12.1 Å². The standard InChI is InChI=1S/C13H15Cl2NO/c1-8-9(2)16(6-5-13(8)17)12-7-10(14)3-4-11(12)15/h3-4,7-9H,5-6H2,1-2H3. The Kier molecular flexibility index (Phi) is 3.64. The summed E-state index contributed by atoms with van der Waals surface area (Å²) in [4.78, 5) is 13.8. The van der Waals surface area contributed by atoms with Crippen LogP contribution in [0.5, 0.6) is 0 Å². The summed E-state index contributed by atoms with van der Waals surface area (Å²) in [5.74, 6) is 0.366. The maximum atomic E-state index is 11.6. The Morgan fingerprint density at radius 3 is 2.71 bits per heavy atom. The lowest BCUT2D eigenvalue weighted by Gasteiger charge is -2.39. The SMILES string of the molecule is CC1C(=O)CCN(c2cc(Cl)ccc2Cl)C1C. The maximum Gasteiger partial charge on any atom is 0.139 e. The molecule has 17 heavy (non-hydrogen) atoms. The van der Waals surface area contributed by atoms with E-state index in [9.17, 15) is 4.79 Å². The van der Waals surface area contributed by atoms with Gasteiger partial charge in [0, 0.05) is 29.9 Å². The van der Waals surface area contributed by atoms with Gasteiger partial charge in [-0.25, -0.2) is 0 Å². The first kappa shape index (κ1) is 12.7. The molecule has 92 valence electrons. The number of carbonyl (C=O) groups is 1. The normalized spacial score (nSPS) is 25.2. The van der Waals surface area contributed by atoms with Crippen LogP contribution in [0.25, 0.3) is 0 Å². The molecule has 1 saturated heterocycles. The highest BCUT2D eigenvalue weighted by Gasteiger charge is 2.31. The fraction of sp³-hybridized carbons (Fsp3) is 0.462. The van der Waals surface area contributed by atoms with E-state index in [2.05, 4.69) is 11.8 Å². The molecule has 1 aliphatic heterocycles. The lowest BCUT2D eigenvalue weighted by molar-refractivity contribution is -0.123. The molecule has 1 aliphatic rings. The third-order valence-corrected chi connectivity index (χ3v) is 4.09. The molecule has 0 saturated carbocycles. The van der Waals surface area contributed by atoms with Gasteiger partial charge < -0.3 is 4.90 Å². The molecule has 0 aliphatic carbocycles. The van der Waals surface area contributed by atoms with Crippen LogP contribution in [0.1, 0.15) is 20.3 Å². The summed E-state index contributed by atoms with van der Waals surface area (Å²) in [7, 11) is 0. The van der Waals surface area contributed by atoms with Crippen molar-refractivity contribution < 1.29 is 4.79 Å². The Balaban J connectivity index is 2.33. The number of hydrogen-bond donors (Lipinski definition) is 0. The zero-order valence-corrected chi connectivity index (χ0v) is 11.4. The Morgan fingerprint density at radius 1 is 1.29 bits per heavy atom. The molecule has 0 aromatic heterocycles. The smallest absolute Gasteiger partial charge is 0.139 e. The lowest BCUT2D eigenvalue weighted by atomic mass is 9.90. The van der Waals surface area contributed by atoms with E-state index in [1.807, 2.05) is 13.0 Å². The summed E-state index contributed by atoms with van der Waals surface area (Å²) >= 11 is 12.2. The molecule has 1 aromatic rings. The van der Waals surface area contributed by atoms with Crippen molar-refractivity contribution in [2.24, 2.45) is 5.92 Å². The third-order valence-electron chi connectivity index (χ3n) is 3.54.